The van der Waals surface area contributed by atoms with Gasteiger partial charge in [-0.3, -0.25) is 24.1 Å². The van der Waals surface area contributed by atoms with Crippen LogP contribution >= 0.6 is 0 Å². The first kappa shape index (κ1) is 20.6. The molecule has 0 radical (unpaired) electrons. The maximum absolute atomic E-state index is 12.7. The number of carbonyl (C=O) groups is 4. The Bertz CT molecular complexity index is 1030. The summed E-state index contributed by atoms with van der Waals surface area (Å²) in [5, 5.41) is 0. The van der Waals surface area contributed by atoms with Crippen molar-refractivity contribution in [1.82, 2.24) is 0 Å². The lowest BCUT2D eigenvalue weighted by molar-refractivity contribution is -0.139. The number of rotatable bonds is 5. The molecule has 160 valence electrons. The molecule has 0 bridgehead atoms. The first-order valence-corrected chi connectivity index (χ1v) is 10.1. The number of carbonyl (C=O) groups excluding carboxylic acids is 4. The molecule has 31 heavy (non-hydrogen) atoms. The fourth-order valence-corrected chi connectivity index (χ4v) is 3.88. The summed E-state index contributed by atoms with van der Waals surface area (Å²) in [5.41, 5.74) is 0.979. The molecular weight excluding hydrogens is 400 g/mol. The molecular formula is C23H22N2O6. The smallest absolute Gasteiger partial charge is 0.316 e. The van der Waals surface area contributed by atoms with Crippen LogP contribution in [-0.2, 0) is 19.2 Å². The zero-order chi connectivity index (χ0) is 22.0. The van der Waals surface area contributed by atoms with Crippen molar-refractivity contribution in [3.8, 4) is 11.5 Å². The summed E-state index contributed by atoms with van der Waals surface area (Å²) in [6.07, 6.45) is 1.18. The Kier molecular flexibility index (Phi) is 5.70. The number of amides is 3. The normalized spacial score (nSPS) is 19.0. The molecule has 2 heterocycles. The highest BCUT2D eigenvalue weighted by atomic mass is 16.5. The lowest BCUT2D eigenvalue weighted by atomic mass is 10.1. The average molecular weight is 422 g/mol. The minimum absolute atomic E-state index is 0.0274. The van der Waals surface area contributed by atoms with E-state index >= 15 is 0 Å². The average Bonchev–Trinajstić information content (AvgIpc) is 3.15. The molecule has 8 heteroatoms. The third-order valence-corrected chi connectivity index (χ3v) is 5.41. The van der Waals surface area contributed by atoms with Gasteiger partial charge in [0.25, 0.3) is 0 Å². The van der Waals surface area contributed by atoms with Gasteiger partial charge in [-0.15, -0.1) is 0 Å². The van der Waals surface area contributed by atoms with Gasteiger partial charge in [-0.2, -0.15) is 0 Å². The molecule has 0 N–H and O–H groups in total. The van der Waals surface area contributed by atoms with Gasteiger partial charge < -0.3 is 14.4 Å². The number of imide groups is 1. The van der Waals surface area contributed by atoms with Crippen molar-refractivity contribution in [3.05, 3.63) is 48.5 Å². The Hall–Kier alpha value is -3.68. The molecule has 2 fully saturated rings. The van der Waals surface area contributed by atoms with Crippen molar-refractivity contribution in [2.24, 2.45) is 5.92 Å². The summed E-state index contributed by atoms with van der Waals surface area (Å²) in [7, 11) is 1.52. The van der Waals surface area contributed by atoms with Gasteiger partial charge in [-0.25, -0.2) is 0 Å². The van der Waals surface area contributed by atoms with Crippen molar-refractivity contribution in [2.75, 3.05) is 23.5 Å². The van der Waals surface area contributed by atoms with Gasteiger partial charge >= 0.3 is 5.97 Å². The topological polar surface area (TPSA) is 93.2 Å². The van der Waals surface area contributed by atoms with E-state index in [1.807, 2.05) is 0 Å². The molecule has 0 saturated carbocycles. The molecule has 0 spiro atoms. The summed E-state index contributed by atoms with van der Waals surface area (Å²) >= 11 is 0. The number of benzene rings is 2. The number of esters is 1. The summed E-state index contributed by atoms with van der Waals surface area (Å²) in [6.45, 7) is 0.181. The maximum Gasteiger partial charge on any atom is 0.316 e. The maximum atomic E-state index is 12.7. The number of piperidine rings is 1. The zero-order valence-corrected chi connectivity index (χ0v) is 17.1. The molecule has 1 atom stereocenters. The van der Waals surface area contributed by atoms with E-state index in [4.69, 9.17) is 9.47 Å². The van der Waals surface area contributed by atoms with E-state index < -0.39 is 11.9 Å². The fraction of sp³-hybridized carbons (Fsp3) is 0.304. The van der Waals surface area contributed by atoms with Gasteiger partial charge in [0, 0.05) is 31.9 Å². The van der Waals surface area contributed by atoms with Crippen molar-refractivity contribution in [1.29, 1.82) is 0 Å². The first-order chi connectivity index (χ1) is 15.0. The van der Waals surface area contributed by atoms with Crippen LogP contribution in [0, 0.1) is 5.92 Å². The van der Waals surface area contributed by atoms with Crippen LogP contribution in [0.5, 0.6) is 11.5 Å². The summed E-state index contributed by atoms with van der Waals surface area (Å²) in [4.78, 5) is 52.2. The molecule has 0 aromatic heterocycles. The number of para-hydroxylation sites is 2. The van der Waals surface area contributed by atoms with Crippen LogP contribution in [0.2, 0.25) is 0 Å². The van der Waals surface area contributed by atoms with Crippen LogP contribution in [-0.4, -0.2) is 37.3 Å². The van der Waals surface area contributed by atoms with Crippen LogP contribution in [0.3, 0.4) is 0 Å². The fourth-order valence-electron chi connectivity index (χ4n) is 3.88. The van der Waals surface area contributed by atoms with Gasteiger partial charge in [0.15, 0.2) is 0 Å². The Morgan fingerprint density at radius 1 is 0.968 bits per heavy atom. The number of hydrogen-bond donors (Lipinski definition) is 0. The number of hydrogen-bond acceptors (Lipinski definition) is 6. The molecule has 2 aliphatic heterocycles. The van der Waals surface area contributed by atoms with E-state index in [0.29, 0.717) is 36.4 Å². The van der Waals surface area contributed by atoms with E-state index in [2.05, 4.69) is 0 Å². The molecule has 2 aromatic carbocycles. The van der Waals surface area contributed by atoms with Gasteiger partial charge in [-0.1, -0.05) is 18.2 Å². The number of methoxy groups -OCH3 is 1. The standard InChI is InChI=1S/C23H22N2O6/c1-30-19-9-3-2-8-18(19)24-14-15(12-22(24)28)23(29)31-17-7-4-6-16(13-17)25-20(26)10-5-11-21(25)27/h2-4,6-9,13,15H,5,10-12,14H2,1H3/t15-/m0/s1. The van der Waals surface area contributed by atoms with Crippen LogP contribution in [0.25, 0.3) is 0 Å². The Morgan fingerprint density at radius 3 is 2.45 bits per heavy atom. The predicted octanol–water partition coefficient (Wildman–Crippen LogP) is 2.70. The van der Waals surface area contributed by atoms with E-state index in [0.717, 1.165) is 4.90 Å². The quantitative estimate of drug-likeness (QED) is 0.418. The van der Waals surface area contributed by atoms with Crippen LogP contribution in [0.1, 0.15) is 25.7 Å². The number of anilines is 2. The third-order valence-electron chi connectivity index (χ3n) is 5.41. The van der Waals surface area contributed by atoms with Crippen LogP contribution in [0.4, 0.5) is 11.4 Å². The van der Waals surface area contributed by atoms with E-state index in [-0.39, 0.29) is 36.4 Å². The van der Waals surface area contributed by atoms with Gasteiger partial charge in [0.1, 0.15) is 11.5 Å². The highest BCUT2D eigenvalue weighted by Crippen LogP contribution is 2.33. The minimum Gasteiger partial charge on any atom is -0.495 e. The molecule has 0 unspecified atom stereocenters. The van der Waals surface area contributed by atoms with E-state index in [1.165, 1.54) is 18.1 Å². The van der Waals surface area contributed by atoms with Crippen molar-refractivity contribution >= 4 is 35.1 Å². The lowest BCUT2D eigenvalue weighted by Crippen LogP contribution is -2.40. The Labute approximate surface area is 179 Å². The second-order valence-electron chi connectivity index (χ2n) is 7.47. The summed E-state index contributed by atoms with van der Waals surface area (Å²) in [5.74, 6) is -1.14. The Balaban J connectivity index is 1.47. The Morgan fingerprint density at radius 2 is 1.71 bits per heavy atom. The molecule has 0 aliphatic carbocycles. The van der Waals surface area contributed by atoms with Crippen molar-refractivity contribution in [3.63, 3.8) is 0 Å². The van der Waals surface area contributed by atoms with Gasteiger partial charge in [-0.05, 0) is 30.7 Å². The summed E-state index contributed by atoms with van der Waals surface area (Å²) in [6, 6.07) is 13.4. The van der Waals surface area contributed by atoms with Gasteiger partial charge in [0.2, 0.25) is 17.7 Å². The van der Waals surface area contributed by atoms with Gasteiger partial charge in [0.05, 0.1) is 24.4 Å². The predicted molar refractivity (Wildman–Crippen MR) is 112 cm³/mol. The zero-order valence-electron chi connectivity index (χ0n) is 17.1. The van der Waals surface area contributed by atoms with Crippen LogP contribution < -0.4 is 19.3 Å². The van der Waals surface area contributed by atoms with E-state index in [9.17, 15) is 19.2 Å². The van der Waals surface area contributed by atoms with Crippen molar-refractivity contribution in [2.45, 2.75) is 25.7 Å². The lowest BCUT2D eigenvalue weighted by Gasteiger charge is -2.25. The second kappa shape index (κ2) is 8.59. The summed E-state index contributed by atoms with van der Waals surface area (Å²) < 4.78 is 10.8. The SMILES string of the molecule is COc1ccccc1N1C[C@@H](C(=O)Oc2cccc(N3C(=O)CCCC3=O)c2)CC1=O. The molecule has 2 aliphatic rings. The molecule has 3 amide bonds. The first-order valence-electron chi connectivity index (χ1n) is 10.1. The number of ether oxygens (including phenoxy) is 2. The molecule has 8 nitrogen and oxygen atoms in total. The minimum atomic E-state index is -0.640. The molecule has 4 rings (SSSR count). The largest absolute Gasteiger partial charge is 0.495 e. The third kappa shape index (κ3) is 4.14. The molecule has 2 aromatic rings. The number of nitrogens with zero attached hydrogens (tertiary/aromatic N) is 2. The van der Waals surface area contributed by atoms with E-state index in [1.54, 1.807) is 42.5 Å². The highest BCUT2D eigenvalue weighted by Gasteiger charge is 2.37. The second-order valence-corrected chi connectivity index (χ2v) is 7.47. The van der Waals surface area contributed by atoms with Crippen molar-refractivity contribution < 1.29 is 28.7 Å². The highest BCUT2D eigenvalue weighted by molar-refractivity contribution is 6.16. The monoisotopic (exact) mass is 422 g/mol. The molecule has 2 saturated heterocycles. The van der Waals surface area contributed by atoms with Crippen LogP contribution in [0.15, 0.2) is 48.5 Å².